The number of nitrogens with two attached hydrogens (primary N) is 2. The summed E-state index contributed by atoms with van der Waals surface area (Å²) in [6, 6.07) is 8.98. The van der Waals surface area contributed by atoms with Crippen molar-refractivity contribution in [1.29, 1.82) is 0 Å². The molecule has 0 saturated heterocycles. The van der Waals surface area contributed by atoms with Crippen LogP contribution >= 0.6 is 0 Å². The summed E-state index contributed by atoms with van der Waals surface area (Å²) < 4.78 is 4.83. The lowest BCUT2D eigenvalue weighted by molar-refractivity contribution is 0.168. The van der Waals surface area contributed by atoms with Crippen molar-refractivity contribution in [1.82, 2.24) is 15.0 Å². The first-order chi connectivity index (χ1) is 12.0. The quantitative estimate of drug-likeness (QED) is 0.626. The van der Waals surface area contributed by atoms with Gasteiger partial charge >= 0.3 is 6.09 Å². The maximum Gasteiger partial charge on any atom is 0.412 e. The van der Waals surface area contributed by atoms with Crippen LogP contribution in [0.4, 0.5) is 22.1 Å². The Morgan fingerprint density at radius 3 is 2.72 bits per heavy atom. The summed E-state index contributed by atoms with van der Waals surface area (Å²) in [6.07, 6.45) is -0.602. The summed E-state index contributed by atoms with van der Waals surface area (Å²) in [6.45, 7) is 3.83. The summed E-state index contributed by atoms with van der Waals surface area (Å²) in [7, 11) is 0. The number of nitrogens with zero attached hydrogens (tertiary/aromatic N) is 3. The topological polar surface area (TPSA) is 129 Å². The average Bonchev–Trinajstić information content (AvgIpc) is 2.54. The SMILES string of the molecule is CCOC(=O)Nc1cc2nc(C)c(-c3cccc(N)c3)nc2c(N)n1. The van der Waals surface area contributed by atoms with E-state index in [1.807, 2.05) is 25.1 Å². The van der Waals surface area contributed by atoms with Crippen LogP contribution in [0, 0.1) is 6.92 Å². The zero-order valence-electron chi connectivity index (χ0n) is 13.9. The van der Waals surface area contributed by atoms with E-state index in [1.54, 1.807) is 19.1 Å². The Labute approximate surface area is 144 Å². The molecule has 0 atom stereocenters. The first-order valence-electron chi connectivity index (χ1n) is 7.72. The van der Waals surface area contributed by atoms with E-state index in [9.17, 15) is 4.79 Å². The Balaban J connectivity index is 2.06. The van der Waals surface area contributed by atoms with E-state index in [2.05, 4.69) is 20.3 Å². The standard InChI is InChI=1S/C17H18N6O2/c1-3-25-17(24)22-13-8-12-15(16(19)21-13)23-14(9(2)20-12)10-5-4-6-11(18)7-10/h4-8H,3,18H2,1-2H3,(H3,19,21,22,24). The highest BCUT2D eigenvalue weighted by molar-refractivity contribution is 5.92. The molecule has 3 aromatic rings. The molecule has 0 spiro atoms. The number of carbonyl (C=O) groups is 1. The fourth-order valence-electron chi connectivity index (χ4n) is 2.47. The molecule has 0 bridgehead atoms. The molecule has 0 aliphatic rings. The maximum absolute atomic E-state index is 11.5. The van der Waals surface area contributed by atoms with Crippen LogP contribution in [0.2, 0.25) is 0 Å². The summed E-state index contributed by atoms with van der Waals surface area (Å²) in [4.78, 5) is 24.8. The minimum atomic E-state index is -0.602. The van der Waals surface area contributed by atoms with Gasteiger partial charge in [0.25, 0.3) is 0 Å². The van der Waals surface area contributed by atoms with Gasteiger partial charge in [0.05, 0.1) is 23.5 Å². The van der Waals surface area contributed by atoms with Crippen LogP contribution in [0.25, 0.3) is 22.3 Å². The molecule has 25 heavy (non-hydrogen) atoms. The van der Waals surface area contributed by atoms with E-state index < -0.39 is 6.09 Å². The molecule has 128 valence electrons. The van der Waals surface area contributed by atoms with Crippen LogP contribution in [0.15, 0.2) is 30.3 Å². The van der Waals surface area contributed by atoms with Crippen molar-refractivity contribution in [3.05, 3.63) is 36.0 Å². The van der Waals surface area contributed by atoms with Gasteiger partial charge in [-0.2, -0.15) is 0 Å². The molecule has 0 radical (unpaired) electrons. The second-order valence-electron chi connectivity index (χ2n) is 5.39. The van der Waals surface area contributed by atoms with Crippen molar-refractivity contribution >= 4 is 34.4 Å². The van der Waals surface area contributed by atoms with Crippen LogP contribution in [0.3, 0.4) is 0 Å². The van der Waals surface area contributed by atoms with Crippen LogP contribution in [0.5, 0.6) is 0 Å². The summed E-state index contributed by atoms with van der Waals surface area (Å²) in [5.41, 5.74) is 15.7. The van der Waals surface area contributed by atoms with Gasteiger partial charge in [0.1, 0.15) is 11.3 Å². The van der Waals surface area contributed by atoms with Crippen LogP contribution in [0.1, 0.15) is 12.6 Å². The number of nitrogens with one attached hydrogen (secondary N) is 1. The first-order valence-corrected chi connectivity index (χ1v) is 7.72. The van der Waals surface area contributed by atoms with Gasteiger partial charge in [0.2, 0.25) is 0 Å². The van der Waals surface area contributed by atoms with Gasteiger partial charge < -0.3 is 16.2 Å². The minimum absolute atomic E-state index is 0.168. The number of anilines is 3. The number of rotatable bonds is 3. The highest BCUT2D eigenvalue weighted by Gasteiger charge is 2.13. The molecule has 2 heterocycles. The van der Waals surface area contributed by atoms with Crippen LogP contribution < -0.4 is 16.8 Å². The lowest BCUT2D eigenvalue weighted by atomic mass is 10.1. The largest absolute Gasteiger partial charge is 0.450 e. The van der Waals surface area contributed by atoms with Crippen LogP contribution in [-0.4, -0.2) is 27.7 Å². The van der Waals surface area contributed by atoms with Gasteiger partial charge in [0, 0.05) is 17.3 Å². The number of nitrogen functional groups attached to an aromatic ring is 2. The molecule has 0 aliphatic heterocycles. The molecule has 5 N–H and O–H groups in total. The van der Waals surface area contributed by atoms with E-state index in [0.717, 1.165) is 5.56 Å². The molecule has 8 heteroatoms. The monoisotopic (exact) mass is 338 g/mol. The maximum atomic E-state index is 11.5. The molecule has 3 rings (SSSR count). The predicted molar refractivity (Wildman–Crippen MR) is 97.0 cm³/mol. The molecule has 2 aromatic heterocycles. The number of carbonyl (C=O) groups excluding carboxylic acids is 1. The zero-order chi connectivity index (χ0) is 18.0. The molecular weight excluding hydrogens is 320 g/mol. The number of hydrogen-bond donors (Lipinski definition) is 3. The summed E-state index contributed by atoms with van der Waals surface area (Å²) in [5.74, 6) is 0.427. The van der Waals surface area contributed by atoms with E-state index in [4.69, 9.17) is 16.2 Å². The lowest BCUT2D eigenvalue weighted by Gasteiger charge is -2.10. The predicted octanol–water partition coefficient (Wildman–Crippen LogP) is 2.73. The van der Waals surface area contributed by atoms with E-state index >= 15 is 0 Å². The minimum Gasteiger partial charge on any atom is -0.450 e. The number of pyridine rings is 1. The molecule has 0 unspecified atom stereocenters. The Kier molecular flexibility index (Phi) is 4.34. The summed E-state index contributed by atoms with van der Waals surface area (Å²) >= 11 is 0. The van der Waals surface area contributed by atoms with Gasteiger partial charge in [-0.25, -0.2) is 19.7 Å². The molecule has 0 aliphatic carbocycles. The number of fused-ring (bicyclic) bond motifs is 1. The van der Waals surface area contributed by atoms with E-state index in [-0.39, 0.29) is 18.2 Å². The fraction of sp³-hybridized carbons (Fsp3) is 0.176. The smallest absolute Gasteiger partial charge is 0.412 e. The second-order valence-corrected chi connectivity index (χ2v) is 5.39. The highest BCUT2D eigenvalue weighted by Crippen LogP contribution is 2.27. The first kappa shape index (κ1) is 16.4. The van der Waals surface area contributed by atoms with Gasteiger partial charge in [-0.15, -0.1) is 0 Å². The van der Waals surface area contributed by atoms with E-state index in [0.29, 0.717) is 28.1 Å². The number of aromatic nitrogens is 3. The molecular formula is C17H18N6O2. The Bertz CT molecular complexity index is 957. The third-order valence-corrected chi connectivity index (χ3v) is 3.52. The number of ether oxygens (including phenoxy) is 1. The van der Waals surface area contributed by atoms with Gasteiger partial charge in [-0.05, 0) is 26.0 Å². The molecule has 0 fully saturated rings. The Hall–Kier alpha value is -3.42. The third kappa shape index (κ3) is 3.42. The lowest BCUT2D eigenvalue weighted by Crippen LogP contribution is -2.15. The Morgan fingerprint density at radius 2 is 2.00 bits per heavy atom. The number of aryl methyl sites for hydroxylation is 1. The second kappa shape index (κ2) is 6.60. The molecule has 8 nitrogen and oxygen atoms in total. The van der Waals surface area contributed by atoms with Gasteiger partial charge in [-0.3, -0.25) is 5.32 Å². The van der Waals surface area contributed by atoms with Gasteiger partial charge in [-0.1, -0.05) is 12.1 Å². The highest BCUT2D eigenvalue weighted by atomic mass is 16.5. The molecule has 0 saturated carbocycles. The fourth-order valence-corrected chi connectivity index (χ4v) is 2.47. The number of benzene rings is 1. The zero-order valence-corrected chi connectivity index (χ0v) is 13.9. The summed E-state index contributed by atoms with van der Waals surface area (Å²) in [5, 5.41) is 2.51. The van der Waals surface area contributed by atoms with E-state index in [1.165, 1.54) is 0 Å². The third-order valence-electron chi connectivity index (χ3n) is 3.52. The van der Waals surface area contributed by atoms with Crippen molar-refractivity contribution < 1.29 is 9.53 Å². The number of amides is 1. The molecule has 1 aromatic carbocycles. The average molecular weight is 338 g/mol. The normalized spacial score (nSPS) is 10.6. The number of hydrogen-bond acceptors (Lipinski definition) is 7. The van der Waals surface area contributed by atoms with Crippen molar-refractivity contribution in [2.24, 2.45) is 0 Å². The van der Waals surface area contributed by atoms with Crippen molar-refractivity contribution in [3.8, 4) is 11.3 Å². The van der Waals surface area contributed by atoms with Crippen molar-refractivity contribution in [3.63, 3.8) is 0 Å². The van der Waals surface area contributed by atoms with Crippen LogP contribution in [-0.2, 0) is 4.74 Å². The van der Waals surface area contributed by atoms with Crippen molar-refractivity contribution in [2.75, 3.05) is 23.4 Å². The molecule has 1 amide bonds. The van der Waals surface area contributed by atoms with Gasteiger partial charge in [0.15, 0.2) is 5.82 Å². The Morgan fingerprint density at radius 1 is 1.20 bits per heavy atom. The van der Waals surface area contributed by atoms with Crippen molar-refractivity contribution in [2.45, 2.75) is 13.8 Å².